The molecule has 0 aliphatic carbocycles. The van der Waals surface area contributed by atoms with Crippen LogP contribution in [-0.2, 0) is 12.8 Å². The number of Topliss-reactive ketones (excluding diaryl/α,β-unsaturated/α-hetero) is 1. The van der Waals surface area contributed by atoms with Gasteiger partial charge in [0.15, 0.2) is 5.78 Å². The third-order valence-corrected chi connectivity index (χ3v) is 5.97. The second-order valence-electron chi connectivity index (χ2n) is 6.59. The number of aromatic nitrogens is 4. The summed E-state index contributed by atoms with van der Waals surface area (Å²) in [6, 6.07) is 15.9. The van der Waals surface area contributed by atoms with Crippen LogP contribution in [0.15, 0.2) is 59.9 Å². The molecule has 4 aromatic rings. The van der Waals surface area contributed by atoms with Gasteiger partial charge in [0.1, 0.15) is 11.1 Å². The van der Waals surface area contributed by atoms with Crippen molar-refractivity contribution in [3.63, 3.8) is 0 Å². The molecule has 5 nitrogen and oxygen atoms in total. The van der Waals surface area contributed by atoms with Gasteiger partial charge < -0.3 is 4.98 Å². The van der Waals surface area contributed by atoms with E-state index in [0.717, 1.165) is 35.1 Å². The quantitative estimate of drug-likeness (QED) is 0.339. The number of para-hydroxylation sites is 1. The van der Waals surface area contributed by atoms with Crippen LogP contribution in [0.4, 0.5) is 0 Å². The number of fused-ring (bicyclic) bond motifs is 1. The molecule has 4 rings (SSSR count). The van der Waals surface area contributed by atoms with Crippen molar-refractivity contribution in [2.45, 2.75) is 37.1 Å². The lowest BCUT2D eigenvalue weighted by Gasteiger charge is -2.14. The predicted octanol–water partition coefficient (Wildman–Crippen LogP) is 5.13. The van der Waals surface area contributed by atoms with E-state index in [9.17, 15) is 4.79 Å². The van der Waals surface area contributed by atoms with Crippen LogP contribution in [0.5, 0.6) is 0 Å². The number of thioether (sulfide) groups is 1. The van der Waals surface area contributed by atoms with Crippen molar-refractivity contribution in [2.24, 2.45) is 0 Å². The number of hydrogen-bond donors (Lipinski definition) is 2. The number of ketones is 1. The Morgan fingerprint density at radius 2 is 1.89 bits per heavy atom. The first-order valence-electron chi connectivity index (χ1n) is 9.47. The van der Waals surface area contributed by atoms with Gasteiger partial charge in [-0.25, -0.2) is 4.98 Å². The van der Waals surface area contributed by atoms with Crippen molar-refractivity contribution in [3.05, 3.63) is 77.2 Å². The third kappa shape index (κ3) is 3.47. The first-order chi connectivity index (χ1) is 13.7. The molecule has 0 bridgehead atoms. The number of benzene rings is 2. The van der Waals surface area contributed by atoms with E-state index >= 15 is 0 Å². The van der Waals surface area contributed by atoms with Crippen LogP contribution in [0.2, 0.25) is 0 Å². The number of nitrogens with one attached hydrogen (secondary N) is 2. The Labute approximate surface area is 168 Å². The number of H-pyrrole nitrogens is 2. The Morgan fingerprint density at radius 3 is 2.61 bits per heavy atom. The van der Waals surface area contributed by atoms with Crippen molar-refractivity contribution < 1.29 is 4.79 Å². The molecule has 6 heteroatoms. The molecular weight excluding hydrogens is 368 g/mol. The van der Waals surface area contributed by atoms with Crippen molar-refractivity contribution in [3.8, 4) is 0 Å². The number of nitrogens with zero attached hydrogens (tertiary/aromatic N) is 2. The summed E-state index contributed by atoms with van der Waals surface area (Å²) in [4.78, 5) is 21.4. The number of aromatic amines is 2. The summed E-state index contributed by atoms with van der Waals surface area (Å²) in [6.07, 6.45) is 3.52. The highest BCUT2D eigenvalue weighted by molar-refractivity contribution is 8.00. The van der Waals surface area contributed by atoms with Gasteiger partial charge in [0.25, 0.3) is 0 Å². The second-order valence-corrected chi connectivity index (χ2v) is 7.66. The first kappa shape index (κ1) is 18.5. The molecule has 0 aliphatic rings. The number of hydrogen-bond acceptors (Lipinski definition) is 4. The van der Waals surface area contributed by atoms with Gasteiger partial charge in [-0.3, -0.25) is 9.89 Å². The Morgan fingerprint density at radius 1 is 1.07 bits per heavy atom. The number of carbonyl (C=O) groups is 1. The highest BCUT2D eigenvalue weighted by Gasteiger charge is 2.27. The summed E-state index contributed by atoms with van der Waals surface area (Å²) >= 11 is 1.39. The van der Waals surface area contributed by atoms with Gasteiger partial charge in [-0.1, -0.05) is 74.1 Å². The molecule has 0 radical (unpaired) electrons. The van der Waals surface area contributed by atoms with Gasteiger partial charge in [-0.15, -0.1) is 5.10 Å². The maximum Gasteiger partial charge on any atom is 0.209 e. The maximum atomic E-state index is 13.6. The zero-order chi connectivity index (χ0) is 19.5. The molecule has 0 spiro atoms. The summed E-state index contributed by atoms with van der Waals surface area (Å²) in [5.41, 5.74) is 3.90. The summed E-state index contributed by atoms with van der Waals surface area (Å²) in [6.45, 7) is 4.14. The highest BCUT2D eigenvalue weighted by Crippen LogP contribution is 2.38. The number of rotatable bonds is 7. The molecule has 2 N–H and O–H groups in total. The molecule has 2 heterocycles. The Bertz CT molecular complexity index is 1100. The Kier molecular flexibility index (Phi) is 5.30. The van der Waals surface area contributed by atoms with Crippen LogP contribution >= 0.6 is 11.8 Å². The van der Waals surface area contributed by atoms with E-state index < -0.39 is 5.25 Å². The van der Waals surface area contributed by atoms with Gasteiger partial charge in [0.05, 0.1) is 0 Å². The van der Waals surface area contributed by atoms with Crippen LogP contribution in [-0.4, -0.2) is 25.9 Å². The molecule has 2 aromatic carbocycles. The monoisotopic (exact) mass is 390 g/mol. The number of aryl methyl sites for hydroxylation is 2. The fraction of sp³-hybridized carbons (Fsp3) is 0.227. The SMILES string of the molecule is CCc1nc(SC(C(=O)c2c[nH]c3c(CC)cccc23)c2ccccc2)n[nH]1. The molecule has 2 aromatic heterocycles. The molecule has 1 atom stereocenters. The molecule has 28 heavy (non-hydrogen) atoms. The summed E-state index contributed by atoms with van der Waals surface area (Å²) < 4.78 is 0. The molecule has 0 amide bonds. The van der Waals surface area contributed by atoms with Crippen LogP contribution in [0.25, 0.3) is 10.9 Å². The average Bonchev–Trinajstić information content (AvgIpc) is 3.38. The lowest BCUT2D eigenvalue weighted by atomic mass is 10.0. The lowest BCUT2D eigenvalue weighted by molar-refractivity contribution is 0.0991. The van der Waals surface area contributed by atoms with Gasteiger partial charge in [-0.05, 0) is 17.5 Å². The zero-order valence-electron chi connectivity index (χ0n) is 15.9. The average molecular weight is 391 g/mol. The van der Waals surface area contributed by atoms with E-state index in [4.69, 9.17) is 0 Å². The molecule has 0 fully saturated rings. The van der Waals surface area contributed by atoms with E-state index in [1.807, 2.05) is 55.6 Å². The van der Waals surface area contributed by atoms with Crippen LogP contribution in [0, 0.1) is 0 Å². The van der Waals surface area contributed by atoms with Gasteiger partial charge >= 0.3 is 0 Å². The van der Waals surface area contributed by atoms with Crippen molar-refractivity contribution in [1.82, 2.24) is 20.2 Å². The largest absolute Gasteiger partial charge is 0.360 e. The van der Waals surface area contributed by atoms with Gasteiger partial charge in [-0.2, -0.15) is 0 Å². The fourth-order valence-corrected chi connectivity index (χ4v) is 4.35. The van der Waals surface area contributed by atoms with Crippen molar-refractivity contribution in [2.75, 3.05) is 0 Å². The lowest BCUT2D eigenvalue weighted by Crippen LogP contribution is -2.10. The summed E-state index contributed by atoms with van der Waals surface area (Å²) in [7, 11) is 0. The summed E-state index contributed by atoms with van der Waals surface area (Å²) in [5.74, 6) is 0.875. The van der Waals surface area contributed by atoms with Crippen molar-refractivity contribution >= 4 is 28.4 Å². The molecular formula is C22H22N4OS. The van der Waals surface area contributed by atoms with E-state index in [1.165, 1.54) is 17.3 Å². The van der Waals surface area contributed by atoms with E-state index in [1.54, 1.807) is 0 Å². The molecule has 142 valence electrons. The molecule has 0 aliphatic heterocycles. The minimum absolute atomic E-state index is 0.0542. The standard InChI is InChI=1S/C22H22N4OS/c1-3-14-11-8-12-16-17(13-23-19(14)16)20(27)21(15-9-6-5-7-10-15)28-22-24-18(4-2)25-26-22/h5-13,21,23H,3-4H2,1-2H3,(H,24,25,26). The summed E-state index contributed by atoms with van der Waals surface area (Å²) in [5, 5.41) is 8.35. The topological polar surface area (TPSA) is 74.4 Å². The van der Waals surface area contributed by atoms with Crippen molar-refractivity contribution in [1.29, 1.82) is 0 Å². The minimum atomic E-state index is -0.411. The van der Waals surface area contributed by atoms with Gasteiger partial charge in [0.2, 0.25) is 5.16 Å². The Balaban J connectivity index is 1.75. The molecule has 0 saturated heterocycles. The predicted molar refractivity (Wildman–Crippen MR) is 113 cm³/mol. The normalized spacial score (nSPS) is 12.4. The third-order valence-electron chi connectivity index (χ3n) is 4.86. The maximum absolute atomic E-state index is 13.6. The Hall–Kier alpha value is -2.86. The fourth-order valence-electron chi connectivity index (χ4n) is 3.35. The van der Waals surface area contributed by atoms with Crippen LogP contribution in [0.3, 0.4) is 0 Å². The molecule has 1 unspecified atom stereocenters. The highest BCUT2D eigenvalue weighted by atomic mass is 32.2. The van der Waals surface area contributed by atoms with E-state index in [0.29, 0.717) is 10.7 Å². The van der Waals surface area contributed by atoms with E-state index in [-0.39, 0.29) is 5.78 Å². The van der Waals surface area contributed by atoms with Crippen LogP contribution in [0.1, 0.15) is 46.4 Å². The van der Waals surface area contributed by atoms with Crippen LogP contribution < -0.4 is 0 Å². The smallest absolute Gasteiger partial charge is 0.209 e. The number of carbonyl (C=O) groups excluding carboxylic acids is 1. The minimum Gasteiger partial charge on any atom is -0.360 e. The zero-order valence-corrected chi connectivity index (χ0v) is 16.7. The second kappa shape index (κ2) is 8.02. The van der Waals surface area contributed by atoms with E-state index in [2.05, 4.69) is 33.2 Å². The van der Waals surface area contributed by atoms with Gasteiger partial charge in [0, 0.05) is 29.1 Å². The first-order valence-corrected chi connectivity index (χ1v) is 10.3. The molecule has 0 saturated carbocycles.